The van der Waals surface area contributed by atoms with Crippen LogP contribution < -0.4 is 14.8 Å². The Balaban J connectivity index is 1.10. The van der Waals surface area contributed by atoms with Crippen LogP contribution in [0.15, 0.2) is 54.6 Å². The molecule has 0 aromatic heterocycles. The monoisotopic (exact) mass is 837 g/mol. The standard InChI is InChI=1S/C47H55N3O9S/c1-24-17-26-18-27-20-50-35(39(49(27)6)37(26)41(52)43(24)56-7)19-32-38(42(53)44(57-8)25(2)40(32)51)36(50)21-58-45(54)34(48-46(55)59-47(3,4)5)23-60-22-33-30-15-11-9-13-28(30)29-14-10-12-16-31(29)33/h9-17,27,33-36,39,51-53H,18-23H2,1-8H3,(H,48,55). The second kappa shape index (κ2) is 16.1. The van der Waals surface area contributed by atoms with E-state index in [0.717, 1.165) is 16.7 Å². The molecule has 4 aromatic carbocycles. The van der Waals surface area contributed by atoms with Gasteiger partial charge >= 0.3 is 12.1 Å². The molecule has 12 nitrogen and oxygen atoms in total. The number of aromatic hydroxyl groups is 3. The van der Waals surface area contributed by atoms with Gasteiger partial charge in [0.1, 0.15) is 24.0 Å². The van der Waals surface area contributed by atoms with Crippen LogP contribution in [-0.2, 0) is 27.1 Å². The number of rotatable bonds is 10. The maximum Gasteiger partial charge on any atom is 0.408 e. The highest BCUT2D eigenvalue weighted by molar-refractivity contribution is 7.99. The van der Waals surface area contributed by atoms with Crippen molar-refractivity contribution in [2.45, 2.75) is 89.2 Å². The number of benzene rings is 4. The minimum Gasteiger partial charge on any atom is -0.507 e. The van der Waals surface area contributed by atoms with E-state index < -0.39 is 29.7 Å². The van der Waals surface area contributed by atoms with E-state index in [-0.39, 0.29) is 59.4 Å². The molecule has 2 bridgehead atoms. The van der Waals surface area contributed by atoms with E-state index in [1.165, 1.54) is 29.4 Å². The van der Waals surface area contributed by atoms with Crippen LogP contribution in [-0.4, -0.2) is 107 Å². The summed E-state index contributed by atoms with van der Waals surface area (Å²) in [5, 5.41) is 38.1. The van der Waals surface area contributed by atoms with E-state index in [0.29, 0.717) is 47.6 Å². The Morgan fingerprint density at radius 3 is 2.17 bits per heavy atom. The number of hydrogen-bond donors (Lipinski definition) is 4. The normalized spacial score (nSPS) is 21.1. The lowest BCUT2D eigenvalue weighted by molar-refractivity contribution is -0.149. The van der Waals surface area contributed by atoms with Crippen LogP contribution in [0.25, 0.3) is 11.1 Å². The fourth-order valence-electron chi connectivity index (χ4n) is 10.2. The molecule has 4 N–H and O–H groups in total. The van der Waals surface area contributed by atoms with Crippen molar-refractivity contribution in [2.24, 2.45) is 0 Å². The van der Waals surface area contributed by atoms with Gasteiger partial charge in [0.2, 0.25) is 0 Å². The number of amides is 1. The Hall–Kier alpha value is -5.11. The van der Waals surface area contributed by atoms with E-state index in [1.54, 1.807) is 46.6 Å². The number of carbonyl (C=O) groups excluding carboxylic acids is 2. The summed E-state index contributed by atoms with van der Waals surface area (Å²) in [6.45, 7) is 9.27. The van der Waals surface area contributed by atoms with Crippen molar-refractivity contribution in [1.82, 2.24) is 15.1 Å². The SMILES string of the molecule is COc1c(C)cc2c(c1O)C1C3Cc4c(O)c(C)c(OC)c(O)c4C(COC(=O)C(CSCC4c5ccccc5-c5ccccc54)NC(=O)OC(C)(C)C)N3CC(C2)N1C. The third-order valence-corrected chi connectivity index (χ3v) is 13.9. The van der Waals surface area contributed by atoms with E-state index in [2.05, 4.69) is 52.5 Å². The molecular formula is C47H55N3O9S. The van der Waals surface area contributed by atoms with Gasteiger partial charge in [0.25, 0.3) is 0 Å². The second-order valence-electron chi connectivity index (χ2n) is 17.4. The zero-order valence-electron chi connectivity index (χ0n) is 35.5. The minimum atomic E-state index is -1.06. The third-order valence-electron chi connectivity index (χ3n) is 12.8. The highest BCUT2D eigenvalue weighted by atomic mass is 32.2. The molecule has 8 rings (SSSR count). The molecule has 1 amide bonds. The number of nitrogens with zero attached hydrogens (tertiary/aromatic N) is 2. The number of likely N-dealkylation sites (N-methyl/N-ethyl adjacent to an activating group) is 1. The van der Waals surface area contributed by atoms with Gasteiger partial charge in [-0.3, -0.25) is 9.80 Å². The van der Waals surface area contributed by atoms with Crippen molar-refractivity contribution in [2.75, 3.05) is 45.9 Å². The van der Waals surface area contributed by atoms with Gasteiger partial charge in [0.05, 0.1) is 26.3 Å². The maximum absolute atomic E-state index is 14.4. The molecule has 1 saturated heterocycles. The Morgan fingerprint density at radius 1 is 0.900 bits per heavy atom. The number of thioether (sulfide) groups is 1. The molecule has 3 aliphatic heterocycles. The van der Waals surface area contributed by atoms with Gasteiger partial charge in [-0.1, -0.05) is 54.6 Å². The van der Waals surface area contributed by atoms with Crippen molar-refractivity contribution in [3.63, 3.8) is 0 Å². The zero-order valence-corrected chi connectivity index (χ0v) is 36.3. The van der Waals surface area contributed by atoms with E-state index >= 15 is 0 Å². The number of piperazine rings is 1. The summed E-state index contributed by atoms with van der Waals surface area (Å²) in [6.07, 6.45) is 0.268. The van der Waals surface area contributed by atoms with Crippen LogP contribution in [0.4, 0.5) is 4.79 Å². The molecule has 3 heterocycles. The molecule has 1 aliphatic carbocycles. The van der Waals surface area contributed by atoms with Gasteiger partial charge in [-0.2, -0.15) is 11.8 Å². The van der Waals surface area contributed by atoms with Crippen LogP contribution in [0.3, 0.4) is 0 Å². The van der Waals surface area contributed by atoms with Crippen LogP contribution in [0.2, 0.25) is 0 Å². The lowest BCUT2D eigenvalue weighted by Gasteiger charge is -2.57. The van der Waals surface area contributed by atoms with E-state index in [1.807, 2.05) is 31.2 Å². The fraction of sp³-hybridized carbons (Fsp3) is 0.447. The van der Waals surface area contributed by atoms with Gasteiger partial charge < -0.3 is 39.6 Å². The molecule has 1 fully saturated rings. The molecule has 4 aromatic rings. The molecule has 0 radical (unpaired) electrons. The van der Waals surface area contributed by atoms with Gasteiger partial charge in [0, 0.05) is 58.3 Å². The summed E-state index contributed by atoms with van der Waals surface area (Å²) in [6, 6.07) is 16.5. The summed E-state index contributed by atoms with van der Waals surface area (Å²) >= 11 is 1.55. The average Bonchev–Trinajstić information content (AvgIpc) is 3.51. The summed E-state index contributed by atoms with van der Waals surface area (Å²) < 4.78 is 23.1. The Labute approximate surface area is 355 Å². The smallest absolute Gasteiger partial charge is 0.408 e. The number of hydrogen-bond acceptors (Lipinski definition) is 12. The quantitative estimate of drug-likeness (QED) is 0.0938. The lowest BCUT2D eigenvalue weighted by atomic mass is 9.74. The number of methoxy groups -OCH3 is 2. The van der Waals surface area contributed by atoms with Crippen LogP contribution >= 0.6 is 11.8 Å². The van der Waals surface area contributed by atoms with Gasteiger partial charge in [0.15, 0.2) is 23.0 Å². The van der Waals surface area contributed by atoms with E-state index in [4.69, 9.17) is 18.9 Å². The summed E-state index contributed by atoms with van der Waals surface area (Å²) in [4.78, 5) is 32.1. The first-order chi connectivity index (χ1) is 28.6. The Kier molecular flexibility index (Phi) is 11.1. The van der Waals surface area contributed by atoms with E-state index in [9.17, 15) is 24.9 Å². The first kappa shape index (κ1) is 41.6. The lowest BCUT2D eigenvalue weighted by Crippen LogP contribution is -2.64. The largest absolute Gasteiger partial charge is 0.507 e. The number of aryl methyl sites for hydroxylation is 1. The molecule has 0 spiro atoms. The first-order valence-electron chi connectivity index (χ1n) is 20.5. The van der Waals surface area contributed by atoms with Crippen LogP contribution in [0.1, 0.15) is 83.3 Å². The minimum absolute atomic E-state index is 0.00178. The number of alkyl carbamates (subject to hydrolysis) is 1. The predicted octanol–water partition coefficient (Wildman–Crippen LogP) is 7.30. The summed E-state index contributed by atoms with van der Waals surface area (Å²) in [7, 11) is 5.04. The second-order valence-corrected chi connectivity index (χ2v) is 18.5. The zero-order chi connectivity index (χ0) is 42.8. The molecule has 5 atom stereocenters. The number of phenolic OH excluding ortho intramolecular Hbond substituents is 3. The van der Waals surface area contributed by atoms with Gasteiger partial charge in [-0.05, 0) is 87.9 Å². The first-order valence-corrected chi connectivity index (χ1v) is 21.7. The van der Waals surface area contributed by atoms with Crippen molar-refractivity contribution in [3.05, 3.63) is 99.1 Å². The molecule has 4 aliphatic rings. The third kappa shape index (κ3) is 7.17. The molecule has 318 valence electrons. The molecule has 13 heteroatoms. The van der Waals surface area contributed by atoms with Crippen molar-refractivity contribution in [1.29, 1.82) is 0 Å². The molecule has 60 heavy (non-hydrogen) atoms. The Bertz CT molecular complexity index is 2300. The summed E-state index contributed by atoms with van der Waals surface area (Å²) in [5.74, 6) is 0.881. The molecular weight excluding hydrogens is 783 g/mol. The number of ether oxygens (including phenoxy) is 4. The van der Waals surface area contributed by atoms with Crippen molar-refractivity contribution in [3.8, 4) is 39.9 Å². The average molecular weight is 838 g/mol. The summed E-state index contributed by atoms with van der Waals surface area (Å²) in [5.41, 5.74) is 8.09. The topological polar surface area (TPSA) is 150 Å². The van der Waals surface area contributed by atoms with Crippen molar-refractivity contribution >= 4 is 23.8 Å². The van der Waals surface area contributed by atoms with Crippen LogP contribution in [0.5, 0.6) is 28.7 Å². The highest BCUT2D eigenvalue weighted by Crippen LogP contribution is 2.56. The number of carbonyl (C=O) groups is 2. The number of phenols is 3. The molecule has 0 saturated carbocycles. The van der Waals surface area contributed by atoms with Crippen molar-refractivity contribution < 1.29 is 43.9 Å². The maximum atomic E-state index is 14.4. The van der Waals surface area contributed by atoms with Crippen LogP contribution in [0, 0.1) is 13.8 Å². The number of fused-ring (bicyclic) bond motifs is 10. The Morgan fingerprint density at radius 2 is 1.53 bits per heavy atom. The predicted molar refractivity (Wildman–Crippen MR) is 231 cm³/mol. The number of nitrogens with one attached hydrogen (secondary N) is 1. The molecule has 5 unspecified atom stereocenters. The fourth-order valence-corrected chi connectivity index (χ4v) is 11.3. The van der Waals surface area contributed by atoms with Gasteiger partial charge in [-0.25, -0.2) is 9.59 Å². The number of esters is 1. The van der Waals surface area contributed by atoms with Gasteiger partial charge in [-0.15, -0.1) is 0 Å². The highest BCUT2D eigenvalue weighted by Gasteiger charge is 2.52.